The molecule has 3 nitrogen and oxygen atoms in total. The van der Waals surface area contributed by atoms with E-state index in [1.165, 1.54) is 6.07 Å². The van der Waals surface area contributed by atoms with E-state index in [0.29, 0.717) is 24.7 Å². The van der Waals surface area contributed by atoms with Crippen molar-refractivity contribution in [1.29, 1.82) is 0 Å². The summed E-state index contributed by atoms with van der Waals surface area (Å²) >= 11 is 1.92. The van der Waals surface area contributed by atoms with Crippen LogP contribution in [0.25, 0.3) is 0 Å². The monoisotopic (exact) mass is 328 g/mol. The minimum Gasteiger partial charge on any atom is -0.354 e. The maximum atomic E-state index is 13.2. The van der Waals surface area contributed by atoms with Crippen LogP contribution in [0.4, 0.5) is 8.78 Å². The average Bonchev–Trinajstić information content (AvgIpc) is 3.02. The molecule has 1 aliphatic heterocycles. The first-order valence-electron chi connectivity index (χ1n) is 7.47. The van der Waals surface area contributed by atoms with Crippen molar-refractivity contribution in [3.63, 3.8) is 0 Å². The van der Waals surface area contributed by atoms with Crippen LogP contribution in [0.15, 0.2) is 18.2 Å². The third-order valence-corrected chi connectivity index (χ3v) is 5.18. The van der Waals surface area contributed by atoms with Gasteiger partial charge in [0.15, 0.2) is 11.6 Å². The molecule has 122 valence electrons. The van der Waals surface area contributed by atoms with Gasteiger partial charge in [-0.3, -0.25) is 9.69 Å². The predicted octanol–water partition coefficient (Wildman–Crippen LogP) is 2.62. The maximum Gasteiger partial charge on any atom is 0.234 e. The van der Waals surface area contributed by atoms with Gasteiger partial charge in [0.1, 0.15) is 0 Å². The van der Waals surface area contributed by atoms with Crippen molar-refractivity contribution in [1.82, 2.24) is 10.2 Å². The molecule has 0 radical (unpaired) electrons. The summed E-state index contributed by atoms with van der Waals surface area (Å²) in [5, 5.41) is 2.87. The number of carbonyl (C=O) groups excluding carboxylic acids is 1. The van der Waals surface area contributed by atoms with Gasteiger partial charge < -0.3 is 5.32 Å². The molecular formula is C16H22F2N2OS. The Kier molecular flexibility index (Phi) is 6.20. The minimum absolute atomic E-state index is 0.0335. The van der Waals surface area contributed by atoms with Crippen LogP contribution < -0.4 is 5.32 Å². The molecule has 1 aromatic carbocycles. The summed E-state index contributed by atoms with van der Waals surface area (Å²) < 4.78 is 26.1. The summed E-state index contributed by atoms with van der Waals surface area (Å²) in [6.07, 6.45) is 1.12. The third kappa shape index (κ3) is 4.68. The molecule has 2 atom stereocenters. The molecule has 0 spiro atoms. The van der Waals surface area contributed by atoms with Gasteiger partial charge in [-0.05, 0) is 42.8 Å². The number of rotatable bonds is 6. The summed E-state index contributed by atoms with van der Waals surface area (Å²) in [6, 6.07) is 4.33. The Balaban J connectivity index is 1.78. The Hall–Kier alpha value is -1.14. The van der Waals surface area contributed by atoms with E-state index >= 15 is 0 Å². The van der Waals surface area contributed by atoms with Gasteiger partial charge in [-0.2, -0.15) is 11.8 Å². The number of nitrogens with one attached hydrogen (secondary N) is 1. The Labute approximate surface area is 134 Å². The van der Waals surface area contributed by atoms with Gasteiger partial charge in [0, 0.05) is 18.3 Å². The van der Waals surface area contributed by atoms with Crippen LogP contribution >= 0.6 is 11.8 Å². The number of nitrogens with zero attached hydrogens (tertiary/aromatic N) is 1. The molecule has 1 aliphatic rings. The highest BCUT2D eigenvalue weighted by Crippen LogP contribution is 2.21. The number of hydrogen-bond acceptors (Lipinski definition) is 3. The largest absolute Gasteiger partial charge is 0.354 e. The third-order valence-electron chi connectivity index (χ3n) is 4.04. The van der Waals surface area contributed by atoms with E-state index in [1.807, 2.05) is 25.7 Å². The van der Waals surface area contributed by atoms with Crippen LogP contribution in [0.1, 0.15) is 24.8 Å². The van der Waals surface area contributed by atoms with E-state index in [2.05, 4.69) is 10.2 Å². The summed E-state index contributed by atoms with van der Waals surface area (Å²) in [6.45, 7) is 2.66. The zero-order chi connectivity index (χ0) is 16.1. The number of halogens is 2. The van der Waals surface area contributed by atoms with Gasteiger partial charge in [0.25, 0.3) is 0 Å². The van der Waals surface area contributed by atoms with Gasteiger partial charge in [0.05, 0.1) is 6.54 Å². The fourth-order valence-electron chi connectivity index (χ4n) is 2.48. The standard InChI is InChI=1S/C16H22F2N2OS/c1-11(12-3-4-14(17)15(18)7-12)8-19-16(21)9-20(2)13-5-6-22-10-13/h3-4,7,11,13H,5-6,8-10H2,1-2H3,(H,19,21)/t11-,13+/m0/s1. The summed E-state index contributed by atoms with van der Waals surface area (Å²) in [4.78, 5) is 14.1. The Morgan fingerprint density at radius 2 is 2.23 bits per heavy atom. The molecule has 0 unspecified atom stereocenters. The second-order valence-corrected chi connectivity index (χ2v) is 6.96. The van der Waals surface area contributed by atoms with Crippen molar-refractivity contribution >= 4 is 17.7 Å². The van der Waals surface area contributed by atoms with E-state index in [9.17, 15) is 13.6 Å². The summed E-state index contributed by atoms with van der Waals surface area (Å²) in [5.74, 6) is 0.434. The highest BCUT2D eigenvalue weighted by molar-refractivity contribution is 7.99. The maximum absolute atomic E-state index is 13.2. The molecule has 1 heterocycles. The number of carbonyl (C=O) groups is 1. The molecule has 1 saturated heterocycles. The molecule has 1 aromatic rings. The van der Waals surface area contributed by atoms with Gasteiger partial charge in [-0.1, -0.05) is 13.0 Å². The lowest BCUT2D eigenvalue weighted by Gasteiger charge is -2.23. The van der Waals surface area contributed by atoms with Gasteiger partial charge >= 0.3 is 0 Å². The quantitative estimate of drug-likeness (QED) is 0.871. The fourth-order valence-corrected chi connectivity index (χ4v) is 3.78. The Morgan fingerprint density at radius 1 is 1.45 bits per heavy atom. The second kappa shape index (κ2) is 7.92. The smallest absolute Gasteiger partial charge is 0.234 e. The molecule has 6 heteroatoms. The Bertz CT molecular complexity index is 521. The molecule has 0 bridgehead atoms. The number of benzene rings is 1. The molecule has 22 heavy (non-hydrogen) atoms. The van der Waals surface area contributed by atoms with Gasteiger partial charge in [-0.15, -0.1) is 0 Å². The summed E-state index contributed by atoms with van der Waals surface area (Å²) in [5.41, 5.74) is 0.680. The van der Waals surface area contributed by atoms with Gasteiger partial charge in [-0.25, -0.2) is 8.78 Å². The van der Waals surface area contributed by atoms with Crippen molar-refractivity contribution in [3.05, 3.63) is 35.4 Å². The van der Waals surface area contributed by atoms with E-state index in [4.69, 9.17) is 0 Å². The second-order valence-electron chi connectivity index (χ2n) is 5.81. The molecule has 0 saturated carbocycles. The van der Waals surface area contributed by atoms with Crippen molar-refractivity contribution in [2.24, 2.45) is 0 Å². The van der Waals surface area contributed by atoms with Crippen LogP contribution in [0.3, 0.4) is 0 Å². The normalized spacial score (nSPS) is 19.4. The average molecular weight is 328 g/mol. The number of likely N-dealkylation sites (N-methyl/N-ethyl adjacent to an activating group) is 1. The molecular weight excluding hydrogens is 306 g/mol. The predicted molar refractivity (Wildman–Crippen MR) is 86.1 cm³/mol. The van der Waals surface area contributed by atoms with Crippen LogP contribution in [0, 0.1) is 11.6 Å². The van der Waals surface area contributed by atoms with E-state index < -0.39 is 11.6 Å². The van der Waals surface area contributed by atoms with Crippen LogP contribution in [-0.4, -0.2) is 48.5 Å². The molecule has 0 aromatic heterocycles. The van der Waals surface area contributed by atoms with Crippen molar-refractivity contribution < 1.29 is 13.6 Å². The molecule has 1 fully saturated rings. The first-order valence-corrected chi connectivity index (χ1v) is 8.62. The number of hydrogen-bond donors (Lipinski definition) is 1. The lowest BCUT2D eigenvalue weighted by Crippen LogP contribution is -2.41. The molecule has 2 rings (SSSR count). The van der Waals surface area contributed by atoms with Crippen molar-refractivity contribution in [2.75, 3.05) is 31.6 Å². The highest BCUT2D eigenvalue weighted by Gasteiger charge is 2.21. The van der Waals surface area contributed by atoms with Gasteiger partial charge in [0.2, 0.25) is 5.91 Å². The topological polar surface area (TPSA) is 32.3 Å². The molecule has 0 aliphatic carbocycles. The number of amides is 1. The Morgan fingerprint density at radius 3 is 2.86 bits per heavy atom. The first kappa shape index (κ1) is 17.2. The molecule has 1 amide bonds. The summed E-state index contributed by atoms with van der Waals surface area (Å²) in [7, 11) is 1.97. The van der Waals surface area contributed by atoms with Crippen molar-refractivity contribution in [2.45, 2.75) is 25.3 Å². The van der Waals surface area contributed by atoms with Crippen LogP contribution in [0.5, 0.6) is 0 Å². The lowest BCUT2D eigenvalue weighted by molar-refractivity contribution is -0.122. The highest BCUT2D eigenvalue weighted by atomic mass is 32.2. The first-order chi connectivity index (χ1) is 10.5. The minimum atomic E-state index is -0.853. The van der Waals surface area contributed by atoms with Crippen LogP contribution in [-0.2, 0) is 4.79 Å². The van der Waals surface area contributed by atoms with E-state index in [0.717, 1.165) is 24.0 Å². The van der Waals surface area contributed by atoms with Crippen molar-refractivity contribution in [3.8, 4) is 0 Å². The zero-order valence-corrected chi connectivity index (χ0v) is 13.8. The SMILES string of the molecule is C[C@@H](CNC(=O)CN(C)[C@@H]1CCSC1)c1ccc(F)c(F)c1. The van der Waals surface area contributed by atoms with Crippen LogP contribution in [0.2, 0.25) is 0 Å². The fraction of sp³-hybridized carbons (Fsp3) is 0.562. The van der Waals surface area contributed by atoms with E-state index in [-0.39, 0.29) is 11.8 Å². The molecule has 1 N–H and O–H groups in total. The number of thioether (sulfide) groups is 1. The lowest BCUT2D eigenvalue weighted by atomic mass is 10.0. The zero-order valence-electron chi connectivity index (χ0n) is 12.9. The van der Waals surface area contributed by atoms with E-state index in [1.54, 1.807) is 6.07 Å².